The lowest BCUT2D eigenvalue weighted by Gasteiger charge is -2.20. The van der Waals surface area contributed by atoms with Gasteiger partial charge in [-0.25, -0.2) is 4.39 Å². The number of carbonyl (C=O) groups is 2. The molecule has 1 amide bonds. The molecule has 0 aromatic heterocycles. The third-order valence-electron chi connectivity index (χ3n) is 3.63. The van der Waals surface area contributed by atoms with Crippen LogP contribution in [0.4, 0.5) is 4.39 Å². The second-order valence-corrected chi connectivity index (χ2v) is 5.28. The van der Waals surface area contributed by atoms with Crippen molar-refractivity contribution in [2.45, 2.75) is 32.6 Å². The zero-order valence-corrected chi connectivity index (χ0v) is 12.2. The second kappa shape index (κ2) is 7.20. The van der Waals surface area contributed by atoms with E-state index in [1.807, 2.05) is 0 Å². The van der Waals surface area contributed by atoms with Gasteiger partial charge in [-0.3, -0.25) is 9.59 Å². The lowest BCUT2D eigenvalue weighted by atomic mass is 10.1. The molecule has 1 saturated heterocycles. The maximum absolute atomic E-state index is 13.2. The number of Topliss-reactive ketones (excluding diaryl/α,β-unsaturated/α-hetero) is 1. The quantitative estimate of drug-likeness (QED) is 0.802. The molecule has 0 saturated carbocycles. The smallest absolute Gasteiger partial charge is 0.260 e. The number of hydrogen-bond donors (Lipinski definition) is 0. The number of ether oxygens (including phenoxy) is 1. The minimum atomic E-state index is -0.494. The number of amides is 1. The van der Waals surface area contributed by atoms with Crippen LogP contribution >= 0.6 is 0 Å². The van der Waals surface area contributed by atoms with Crippen LogP contribution in [0.3, 0.4) is 0 Å². The van der Waals surface area contributed by atoms with Gasteiger partial charge in [0.05, 0.1) is 5.56 Å². The van der Waals surface area contributed by atoms with E-state index >= 15 is 0 Å². The zero-order valence-electron chi connectivity index (χ0n) is 12.2. The van der Waals surface area contributed by atoms with Gasteiger partial charge in [0.2, 0.25) is 0 Å². The first-order valence-electron chi connectivity index (χ1n) is 7.29. The summed E-state index contributed by atoms with van der Waals surface area (Å²) in [7, 11) is 0. The molecule has 1 aromatic carbocycles. The summed E-state index contributed by atoms with van der Waals surface area (Å²) in [5.74, 6) is -0.610. The van der Waals surface area contributed by atoms with Crippen molar-refractivity contribution in [2.24, 2.45) is 0 Å². The number of hydrogen-bond acceptors (Lipinski definition) is 3. The summed E-state index contributed by atoms with van der Waals surface area (Å²) >= 11 is 0. The molecule has 1 fully saturated rings. The Hall–Kier alpha value is -1.91. The molecule has 2 rings (SSSR count). The van der Waals surface area contributed by atoms with E-state index in [-0.39, 0.29) is 29.6 Å². The summed E-state index contributed by atoms with van der Waals surface area (Å²) in [5, 5.41) is 0. The maximum Gasteiger partial charge on any atom is 0.260 e. The van der Waals surface area contributed by atoms with Gasteiger partial charge in [-0.15, -0.1) is 0 Å². The van der Waals surface area contributed by atoms with E-state index in [0.717, 1.165) is 44.8 Å². The fourth-order valence-electron chi connectivity index (χ4n) is 2.45. The molecule has 5 heteroatoms. The van der Waals surface area contributed by atoms with Crippen molar-refractivity contribution in [3.8, 4) is 5.75 Å². The number of ketones is 1. The molecular formula is C16H20FNO3. The minimum Gasteiger partial charge on any atom is -0.483 e. The average molecular weight is 293 g/mol. The van der Waals surface area contributed by atoms with Crippen LogP contribution in [0.1, 0.15) is 43.0 Å². The Balaban J connectivity index is 1.99. The molecule has 1 aromatic rings. The third kappa shape index (κ3) is 4.28. The lowest BCUT2D eigenvalue weighted by Crippen LogP contribution is -2.35. The van der Waals surface area contributed by atoms with Crippen LogP contribution in [0.25, 0.3) is 0 Å². The minimum absolute atomic E-state index is 0.0873. The van der Waals surface area contributed by atoms with Gasteiger partial charge < -0.3 is 9.64 Å². The van der Waals surface area contributed by atoms with Crippen molar-refractivity contribution in [1.29, 1.82) is 0 Å². The summed E-state index contributed by atoms with van der Waals surface area (Å²) in [6, 6.07) is 3.74. The SMILES string of the molecule is CC(=O)c1cc(F)ccc1OCC(=O)N1CCCCCC1. The van der Waals surface area contributed by atoms with Gasteiger partial charge in [0.25, 0.3) is 5.91 Å². The number of rotatable bonds is 4. The summed E-state index contributed by atoms with van der Waals surface area (Å²) in [5.41, 5.74) is 0.165. The number of likely N-dealkylation sites (tertiary alicyclic amines) is 1. The van der Waals surface area contributed by atoms with E-state index in [4.69, 9.17) is 4.74 Å². The molecule has 0 radical (unpaired) electrons. The summed E-state index contributed by atoms with van der Waals surface area (Å²) in [6.45, 7) is 2.74. The van der Waals surface area contributed by atoms with Crippen LogP contribution in [-0.2, 0) is 4.79 Å². The van der Waals surface area contributed by atoms with Gasteiger partial charge in [-0.2, -0.15) is 0 Å². The Bertz CT molecular complexity index is 522. The van der Waals surface area contributed by atoms with E-state index in [1.165, 1.54) is 19.1 Å². The second-order valence-electron chi connectivity index (χ2n) is 5.28. The van der Waals surface area contributed by atoms with Gasteiger partial charge in [0.15, 0.2) is 12.4 Å². The molecule has 21 heavy (non-hydrogen) atoms. The first kappa shape index (κ1) is 15.5. The van der Waals surface area contributed by atoms with E-state index in [0.29, 0.717) is 0 Å². The van der Waals surface area contributed by atoms with Gasteiger partial charge in [-0.05, 0) is 38.0 Å². The molecule has 0 spiro atoms. The predicted octanol–water partition coefficient (Wildman–Crippen LogP) is 2.81. The van der Waals surface area contributed by atoms with E-state index in [9.17, 15) is 14.0 Å². The molecule has 114 valence electrons. The van der Waals surface area contributed by atoms with Crippen LogP contribution in [0.5, 0.6) is 5.75 Å². The monoisotopic (exact) mass is 293 g/mol. The Morgan fingerprint density at radius 2 is 1.86 bits per heavy atom. The Kier molecular flexibility index (Phi) is 5.31. The number of nitrogens with zero attached hydrogens (tertiary/aromatic N) is 1. The standard InChI is InChI=1S/C16H20FNO3/c1-12(19)14-10-13(17)6-7-15(14)21-11-16(20)18-8-4-2-3-5-9-18/h6-7,10H,2-5,8-9,11H2,1H3. The third-order valence-corrected chi connectivity index (χ3v) is 3.63. The fourth-order valence-corrected chi connectivity index (χ4v) is 2.45. The van der Waals surface area contributed by atoms with Gasteiger partial charge in [-0.1, -0.05) is 12.8 Å². The van der Waals surface area contributed by atoms with Crippen LogP contribution in [0, 0.1) is 5.82 Å². The van der Waals surface area contributed by atoms with E-state index in [2.05, 4.69) is 0 Å². The molecule has 0 atom stereocenters. The van der Waals surface area contributed by atoms with Crippen LogP contribution < -0.4 is 4.74 Å². The molecule has 0 N–H and O–H groups in total. The van der Waals surface area contributed by atoms with E-state index < -0.39 is 5.82 Å². The summed E-state index contributed by atoms with van der Waals surface area (Å²) < 4.78 is 18.6. The van der Waals surface area contributed by atoms with E-state index in [1.54, 1.807) is 4.90 Å². The van der Waals surface area contributed by atoms with Crippen molar-refractivity contribution in [3.05, 3.63) is 29.6 Å². The average Bonchev–Trinajstić information content (AvgIpc) is 2.74. The van der Waals surface area contributed by atoms with Crippen molar-refractivity contribution in [2.75, 3.05) is 19.7 Å². The highest BCUT2D eigenvalue weighted by atomic mass is 19.1. The maximum atomic E-state index is 13.2. The Labute approximate surface area is 123 Å². The van der Waals surface area contributed by atoms with Crippen molar-refractivity contribution < 1.29 is 18.7 Å². The van der Waals surface area contributed by atoms with Gasteiger partial charge >= 0.3 is 0 Å². The van der Waals surface area contributed by atoms with Gasteiger partial charge in [0, 0.05) is 13.1 Å². The first-order chi connectivity index (χ1) is 10.1. The highest BCUT2D eigenvalue weighted by molar-refractivity contribution is 5.96. The molecule has 0 bridgehead atoms. The molecule has 1 heterocycles. The Morgan fingerprint density at radius 1 is 1.19 bits per heavy atom. The molecule has 4 nitrogen and oxygen atoms in total. The van der Waals surface area contributed by atoms with Crippen LogP contribution in [0.2, 0.25) is 0 Å². The lowest BCUT2D eigenvalue weighted by molar-refractivity contribution is -0.133. The highest BCUT2D eigenvalue weighted by Crippen LogP contribution is 2.20. The predicted molar refractivity (Wildman–Crippen MR) is 76.9 cm³/mol. The zero-order chi connectivity index (χ0) is 15.2. The van der Waals surface area contributed by atoms with Crippen molar-refractivity contribution in [1.82, 2.24) is 4.90 Å². The normalized spacial score (nSPS) is 15.4. The number of carbonyl (C=O) groups excluding carboxylic acids is 2. The largest absolute Gasteiger partial charge is 0.483 e. The van der Waals surface area contributed by atoms with Crippen molar-refractivity contribution in [3.63, 3.8) is 0 Å². The van der Waals surface area contributed by atoms with Crippen molar-refractivity contribution >= 4 is 11.7 Å². The highest BCUT2D eigenvalue weighted by Gasteiger charge is 2.17. The van der Waals surface area contributed by atoms with Gasteiger partial charge in [0.1, 0.15) is 11.6 Å². The molecule has 1 aliphatic rings. The Morgan fingerprint density at radius 3 is 2.48 bits per heavy atom. The number of halogens is 1. The molecule has 1 aliphatic heterocycles. The first-order valence-corrected chi connectivity index (χ1v) is 7.29. The summed E-state index contributed by atoms with van der Waals surface area (Å²) in [4.78, 5) is 25.4. The topological polar surface area (TPSA) is 46.6 Å². The summed E-state index contributed by atoms with van der Waals surface area (Å²) in [6.07, 6.45) is 4.33. The molecule has 0 aliphatic carbocycles. The number of benzene rings is 1. The van der Waals surface area contributed by atoms with Crippen LogP contribution in [-0.4, -0.2) is 36.3 Å². The molecular weight excluding hydrogens is 273 g/mol. The molecule has 0 unspecified atom stereocenters. The van der Waals surface area contributed by atoms with Crippen LogP contribution in [0.15, 0.2) is 18.2 Å². The fraction of sp³-hybridized carbons (Fsp3) is 0.500.